The number of urea groups is 1. The molecule has 3 N–H and O–H groups in total. The number of carbonyl (C=O) groups excluding carboxylic acids is 2. The van der Waals surface area contributed by atoms with Gasteiger partial charge in [-0.3, -0.25) is 14.6 Å². The van der Waals surface area contributed by atoms with Crippen LogP contribution >= 0.6 is 22.9 Å². The summed E-state index contributed by atoms with van der Waals surface area (Å²) in [7, 11) is -2.49. The molecule has 0 saturated carbocycles. The molecule has 0 spiro atoms. The van der Waals surface area contributed by atoms with Crippen molar-refractivity contribution in [1.29, 1.82) is 0 Å². The fraction of sp³-hybridized carbons (Fsp3) is 0.280. The van der Waals surface area contributed by atoms with Crippen LogP contribution in [0.1, 0.15) is 23.2 Å². The largest absolute Gasteiger partial charge is 0.468 e. The zero-order valence-electron chi connectivity index (χ0n) is 20.7. The number of anilines is 3. The van der Waals surface area contributed by atoms with Gasteiger partial charge in [0, 0.05) is 24.5 Å². The average molecular weight is 594 g/mol. The van der Waals surface area contributed by atoms with Crippen molar-refractivity contribution in [2.45, 2.75) is 23.3 Å². The molecule has 3 heterocycles. The molecule has 3 aromatic rings. The van der Waals surface area contributed by atoms with Crippen LogP contribution in [0.2, 0.25) is 4.34 Å². The molecule has 39 heavy (non-hydrogen) atoms. The number of ether oxygens (including phenoxy) is 1. The Kier molecular flexibility index (Phi) is 7.67. The monoisotopic (exact) mass is 593 g/mol. The van der Waals surface area contributed by atoms with Gasteiger partial charge in [-0.05, 0) is 68.4 Å². The van der Waals surface area contributed by atoms with E-state index in [1.165, 1.54) is 35.2 Å². The van der Waals surface area contributed by atoms with E-state index < -0.39 is 34.0 Å². The molecule has 2 aliphatic rings. The number of amides is 3. The van der Waals surface area contributed by atoms with Crippen LogP contribution in [0.4, 0.5) is 26.2 Å². The van der Waals surface area contributed by atoms with E-state index in [0.29, 0.717) is 23.7 Å². The summed E-state index contributed by atoms with van der Waals surface area (Å²) in [5.41, 5.74) is 1.10. The van der Waals surface area contributed by atoms with Gasteiger partial charge in [-0.2, -0.15) is 0 Å². The second-order valence-corrected chi connectivity index (χ2v) is 12.6. The Bertz CT molecular complexity index is 1510. The lowest BCUT2D eigenvalue weighted by Crippen LogP contribution is -2.53. The summed E-state index contributed by atoms with van der Waals surface area (Å²) in [5, 5.41) is 5.23. The highest BCUT2D eigenvalue weighted by atomic mass is 35.5. The van der Waals surface area contributed by atoms with Crippen LogP contribution in [-0.2, 0) is 10.0 Å². The Hall–Kier alpha value is -3.39. The summed E-state index contributed by atoms with van der Waals surface area (Å²) in [5.74, 6) is -0.688. The molecular formula is C25H25ClFN5O5S2. The molecule has 2 aliphatic heterocycles. The van der Waals surface area contributed by atoms with E-state index in [1.807, 2.05) is 4.72 Å². The first kappa shape index (κ1) is 27.2. The van der Waals surface area contributed by atoms with Crippen molar-refractivity contribution < 1.29 is 27.1 Å². The summed E-state index contributed by atoms with van der Waals surface area (Å²) in [6.45, 7) is 2.24. The van der Waals surface area contributed by atoms with E-state index in [4.69, 9.17) is 16.3 Å². The van der Waals surface area contributed by atoms with Gasteiger partial charge in [-0.1, -0.05) is 11.6 Å². The molecule has 10 nitrogen and oxygen atoms in total. The number of sulfonamides is 1. The lowest BCUT2D eigenvalue weighted by molar-refractivity contribution is 0.0796. The molecule has 206 valence electrons. The lowest BCUT2D eigenvalue weighted by Gasteiger charge is -2.38. The average Bonchev–Trinajstić information content (AvgIpc) is 3.57. The summed E-state index contributed by atoms with van der Waals surface area (Å²) < 4.78 is 47.6. The topological polar surface area (TPSA) is 120 Å². The predicted octanol–water partition coefficient (Wildman–Crippen LogP) is 4.55. The Morgan fingerprint density at radius 3 is 2.51 bits per heavy atom. The fourth-order valence-electron chi connectivity index (χ4n) is 4.53. The van der Waals surface area contributed by atoms with Crippen LogP contribution in [0.3, 0.4) is 0 Å². The first-order chi connectivity index (χ1) is 18.6. The third-order valence-electron chi connectivity index (χ3n) is 6.40. The smallest absolute Gasteiger partial charge is 0.333 e. The van der Waals surface area contributed by atoms with Gasteiger partial charge in [0.05, 0.1) is 22.1 Å². The number of hydrogen-bond acceptors (Lipinski definition) is 8. The summed E-state index contributed by atoms with van der Waals surface area (Å²) in [6.07, 6.45) is 1.46. The lowest BCUT2D eigenvalue weighted by atomic mass is 10.1. The summed E-state index contributed by atoms with van der Waals surface area (Å²) in [4.78, 5) is 29.6. The Labute approximate surface area is 233 Å². The van der Waals surface area contributed by atoms with Gasteiger partial charge < -0.3 is 15.4 Å². The molecule has 0 bridgehead atoms. The zero-order valence-corrected chi connectivity index (χ0v) is 23.1. The number of nitrogens with zero attached hydrogens (tertiary/aromatic N) is 2. The molecule has 1 atom stereocenters. The Morgan fingerprint density at radius 1 is 1.15 bits per heavy atom. The number of halogens is 2. The van der Waals surface area contributed by atoms with E-state index in [9.17, 15) is 22.4 Å². The van der Waals surface area contributed by atoms with E-state index >= 15 is 0 Å². The number of nitrogens with one attached hydrogen (secondary N) is 3. The highest BCUT2D eigenvalue weighted by molar-refractivity contribution is 7.92. The second-order valence-electron chi connectivity index (χ2n) is 9.00. The molecule has 5 rings (SSSR count). The number of hydrogen-bond donors (Lipinski definition) is 3. The van der Waals surface area contributed by atoms with Crippen LogP contribution in [0.25, 0.3) is 0 Å². The number of rotatable bonds is 7. The minimum absolute atomic E-state index is 0.0933. The van der Waals surface area contributed by atoms with Gasteiger partial charge in [-0.15, -0.1) is 11.3 Å². The van der Waals surface area contributed by atoms with Crippen LogP contribution in [0.5, 0.6) is 5.75 Å². The zero-order chi connectivity index (χ0) is 27.7. The number of benzene rings is 2. The molecule has 1 aromatic heterocycles. The maximum absolute atomic E-state index is 14.5. The van der Waals surface area contributed by atoms with Gasteiger partial charge in [-0.25, -0.2) is 22.3 Å². The van der Waals surface area contributed by atoms with E-state index in [1.54, 1.807) is 19.2 Å². The van der Waals surface area contributed by atoms with Gasteiger partial charge in [0.15, 0.2) is 6.23 Å². The van der Waals surface area contributed by atoms with Crippen molar-refractivity contribution in [3.05, 3.63) is 64.2 Å². The van der Waals surface area contributed by atoms with Crippen molar-refractivity contribution in [2.75, 3.05) is 42.2 Å². The SMILES string of the molecule is CNc1cc2c(cc1F)C(=O)N(c1ccc(NC(=O)NS(=O)(=O)c3ccc(Cl)s3)cc1)C(CN1CCCC1)O2. The normalized spacial score (nSPS) is 17.5. The van der Waals surface area contributed by atoms with Gasteiger partial charge in [0.1, 0.15) is 15.8 Å². The predicted molar refractivity (Wildman–Crippen MR) is 148 cm³/mol. The fourth-order valence-corrected chi connectivity index (χ4v) is 6.92. The molecule has 0 radical (unpaired) electrons. The van der Waals surface area contributed by atoms with Crippen molar-refractivity contribution in [1.82, 2.24) is 9.62 Å². The third-order valence-corrected chi connectivity index (χ3v) is 9.45. The van der Waals surface area contributed by atoms with Gasteiger partial charge in [0.25, 0.3) is 15.9 Å². The van der Waals surface area contributed by atoms with Crippen molar-refractivity contribution in [2.24, 2.45) is 0 Å². The number of fused-ring (bicyclic) bond motifs is 1. The molecule has 14 heteroatoms. The van der Waals surface area contributed by atoms with Crippen LogP contribution in [-0.4, -0.2) is 58.2 Å². The standard InChI is InChI=1S/C25H25ClFN5O5S2/c1-28-19-13-20-17(12-18(19)27)24(33)32(22(37-20)14-31-10-2-3-11-31)16-6-4-15(5-7-16)29-25(34)30-39(35,36)23-9-8-21(26)38-23/h4-9,12-13,22,28H,2-3,10-11,14H2,1H3,(H2,29,30,34). The minimum Gasteiger partial charge on any atom is -0.468 e. The molecule has 2 aromatic carbocycles. The summed E-state index contributed by atoms with van der Waals surface area (Å²) in [6, 6.07) is 10.7. The van der Waals surface area contributed by atoms with Gasteiger partial charge in [0.2, 0.25) is 0 Å². The summed E-state index contributed by atoms with van der Waals surface area (Å²) >= 11 is 6.62. The van der Waals surface area contributed by atoms with E-state index in [-0.39, 0.29) is 19.8 Å². The van der Waals surface area contributed by atoms with E-state index in [0.717, 1.165) is 43.3 Å². The molecule has 1 unspecified atom stereocenters. The Balaban J connectivity index is 1.36. The highest BCUT2D eigenvalue weighted by Gasteiger charge is 2.37. The quantitative estimate of drug-likeness (QED) is 0.367. The van der Waals surface area contributed by atoms with Crippen LogP contribution in [0, 0.1) is 5.82 Å². The number of likely N-dealkylation sites (tertiary alicyclic amines) is 1. The Morgan fingerprint density at radius 2 is 1.87 bits per heavy atom. The second kappa shape index (κ2) is 11.0. The molecule has 1 fully saturated rings. The van der Waals surface area contributed by atoms with Crippen molar-refractivity contribution in [3.8, 4) is 5.75 Å². The maximum atomic E-state index is 14.5. The van der Waals surface area contributed by atoms with E-state index in [2.05, 4.69) is 15.5 Å². The first-order valence-electron chi connectivity index (χ1n) is 12.1. The number of carbonyl (C=O) groups is 2. The molecular weight excluding hydrogens is 569 g/mol. The minimum atomic E-state index is -4.08. The van der Waals surface area contributed by atoms with Gasteiger partial charge >= 0.3 is 6.03 Å². The molecule has 1 saturated heterocycles. The van der Waals surface area contributed by atoms with Crippen LogP contribution < -0.4 is 25.0 Å². The number of thiophene rings is 1. The maximum Gasteiger partial charge on any atom is 0.333 e. The van der Waals surface area contributed by atoms with Crippen molar-refractivity contribution in [3.63, 3.8) is 0 Å². The molecule has 3 amide bonds. The van der Waals surface area contributed by atoms with Crippen molar-refractivity contribution >= 4 is 62.0 Å². The van der Waals surface area contributed by atoms with Crippen LogP contribution in [0.15, 0.2) is 52.7 Å². The first-order valence-corrected chi connectivity index (χ1v) is 14.8. The third kappa shape index (κ3) is 5.81. The molecule has 0 aliphatic carbocycles. The highest BCUT2D eigenvalue weighted by Crippen LogP contribution is 2.36.